The van der Waals surface area contributed by atoms with Gasteiger partial charge in [0, 0.05) is 5.57 Å². The minimum Gasteiger partial charge on any atom is -0.549 e. The Bertz CT molecular complexity index is 908. The second-order valence-corrected chi connectivity index (χ2v) is 29.6. The Balaban J connectivity index is 1.65. The Labute approximate surface area is 226 Å². The van der Waals surface area contributed by atoms with Crippen LogP contribution in [0.1, 0.15) is 65.7 Å². The highest BCUT2D eigenvalue weighted by molar-refractivity contribution is 6.70. The van der Waals surface area contributed by atoms with Gasteiger partial charge in [-0.1, -0.05) is 13.8 Å². The molecule has 0 saturated heterocycles. The molecule has 3 nitrogen and oxygen atoms in total. The van der Waals surface area contributed by atoms with Crippen LogP contribution in [0.2, 0.25) is 58.9 Å². The molecular weight excluding hydrogens is 493 g/mol. The van der Waals surface area contributed by atoms with Crippen molar-refractivity contribution in [3.8, 4) is 0 Å². The summed E-state index contributed by atoms with van der Waals surface area (Å²) in [6.07, 6.45) is 13.7. The molecule has 4 rings (SSSR count). The van der Waals surface area contributed by atoms with Crippen LogP contribution in [0.3, 0.4) is 0 Å². The summed E-state index contributed by atoms with van der Waals surface area (Å²) in [5.41, 5.74) is 1.98. The largest absolute Gasteiger partial charge is 0.549 e. The van der Waals surface area contributed by atoms with E-state index < -0.39 is 25.0 Å². The third kappa shape index (κ3) is 5.40. The fourth-order valence-electron chi connectivity index (χ4n) is 8.65. The fourth-order valence-corrected chi connectivity index (χ4v) is 11.7. The van der Waals surface area contributed by atoms with Crippen molar-refractivity contribution in [3.63, 3.8) is 0 Å². The molecule has 0 aromatic rings. The first-order valence-electron chi connectivity index (χ1n) is 14.7. The quantitative estimate of drug-likeness (QED) is 0.244. The van der Waals surface area contributed by atoms with E-state index in [1.807, 2.05) is 0 Å². The van der Waals surface area contributed by atoms with Crippen molar-refractivity contribution < 1.29 is 13.3 Å². The molecular formula is C30H56O3Si3. The Hall–Kier alpha value is -0.309. The SMILES string of the molecule is CC12C/C(=C\O[Si](C)(C)C)C(O[Si](C)(C)C)=C[C@@H]1CCC1C2CCC2(C)C1CC[C@@]2(C)O[Si](C)(C)C. The smallest absolute Gasteiger partial charge is 0.242 e. The molecule has 0 spiro atoms. The van der Waals surface area contributed by atoms with Crippen LogP contribution < -0.4 is 0 Å². The molecule has 4 aliphatic carbocycles. The zero-order valence-corrected chi connectivity index (χ0v) is 28.6. The number of hydrogen-bond acceptors (Lipinski definition) is 3. The molecule has 0 aromatic carbocycles. The van der Waals surface area contributed by atoms with Crippen molar-refractivity contribution in [2.24, 2.45) is 34.5 Å². The van der Waals surface area contributed by atoms with Crippen LogP contribution in [0.25, 0.3) is 0 Å². The van der Waals surface area contributed by atoms with E-state index in [0.29, 0.717) is 16.7 Å². The molecule has 0 amide bonds. The van der Waals surface area contributed by atoms with Gasteiger partial charge < -0.3 is 13.3 Å². The monoisotopic (exact) mass is 548 g/mol. The molecule has 0 heterocycles. The minimum absolute atomic E-state index is 0.0475. The van der Waals surface area contributed by atoms with Gasteiger partial charge in [-0.05, 0) is 151 Å². The topological polar surface area (TPSA) is 27.7 Å². The third-order valence-electron chi connectivity index (χ3n) is 10.2. The number of fused-ring (bicyclic) bond motifs is 5. The standard InChI is InChI=1S/C30H56O3Si3/c1-28-20-22(21-31-34(4,5)6)27(32-35(7,8)9)19-23(28)13-14-24-25(28)15-17-29(2)26(24)16-18-30(29,3)33-36(10,11)12/h19,21,23-26H,13-18,20H2,1-12H3/b22-21+/t23-,24?,25?,26?,28?,29?,30+/m0/s1. The van der Waals surface area contributed by atoms with Crippen molar-refractivity contribution in [2.45, 2.75) is 130 Å². The molecule has 5 unspecified atom stereocenters. The van der Waals surface area contributed by atoms with E-state index in [9.17, 15) is 0 Å². The average Bonchev–Trinajstić information content (AvgIpc) is 2.94. The van der Waals surface area contributed by atoms with Crippen LogP contribution in [0, 0.1) is 34.5 Å². The molecule has 4 aliphatic rings. The van der Waals surface area contributed by atoms with E-state index >= 15 is 0 Å². The van der Waals surface area contributed by atoms with Crippen LogP contribution >= 0.6 is 0 Å². The first-order chi connectivity index (χ1) is 16.3. The zero-order valence-electron chi connectivity index (χ0n) is 25.6. The molecule has 0 aromatic heterocycles. The summed E-state index contributed by atoms with van der Waals surface area (Å²) in [4.78, 5) is 0. The van der Waals surface area contributed by atoms with Crippen LogP contribution in [-0.2, 0) is 13.3 Å². The predicted octanol–water partition coefficient (Wildman–Crippen LogP) is 9.33. The molecule has 3 saturated carbocycles. The second kappa shape index (κ2) is 9.12. The Morgan fingerprint density at radius 1 is 0.778 bits per heavy atom. The highest BCUT2D eigenvalue weighted by Crippen LogP contribution is 2.69. The van der Waals surface area contributed by atoms with Crippen LogP contribution in [0.4, 0.5) is 0 Å². The van der Waals surface area contributed by atoms with E-state index in [-0.39, 0.29) is 5.60 Å². The summed E-state index contributed by atoms with van der Waals surface area (Å²) < 4.78 is 20.1. The van der Waals surface area contributed by atoms with E-state index in [1.165, 1.54) is 44.1 Å². The molecule has 3 fully saturated rings. The molecule has 206 valence electrons. The van der Waals surface area contributed by atoms with Gasteiger partial charge in [-0.3, -0.25) is 0 Å². The molecule has 0 radical (unpaired) electrons. The van der Waals surface area contributed by atoms with Crippen LogP contribution in [-0.4, -0.2) is 30.6 Å². The number of allylic oxidation sites excluding steroid dienone is 2. The predicted molar refractivity (Wildman–Crippen MR) is 160 cm³/mol. The summed E-state index contributed by atoms with van der Waals surface area (Å²) >= 11 is 0. The van der Waals surface area contributed by atoms with Crippen molar-refractivity contribution in [2.75, 3.05) is 0 Å². The van der Waals surface area contributed by atoms with E-state index in [1.54, 1.807) is 0 Å². The van der Waals surface area contributed by atoms with Gasteiger partial charge in [0.1, 0.15) is 5.76 Å². The molecule has 36 heavy (non-hydrogen) atoms. The van der Waals surface area contributed by atoms with Gasteiger partial charge in [-0.25, -0.2) is 0 Å². The Kier molecular flexibility index (Phi) is 7.27. The summed E-state index contributed by atoms with van der Waals surface area (Å²) in [5.74, 6) is 4.16. The minimum atomic E-state index is -1.70. The van der Waals surface area contributed by atoms with Gasteiger partial charge in [0.2, 0.25) is 16.6 Å². The number of rotatable bonds is 6. The summed E-state index contributed by atoms with van der Waals surface area (Å²) in [6.45, 7) is 28.5. The van der Waals surface area contributed by atoms with Crippen molar-refractivity contribution in [3.05, 3.63) is 23.7 Å². The van der Waals surface area contributed by atoms with E-state index in [0.717, 1.165) is 29.9 Å². The lowest BCUT2D eigenvalue weighted by molar-refractivity contribution is -0.127. The van der Waals surface area contributed by atoms with Gasteiger partial charge in [0.15, 0.2) is 8.32 Å². The number of hydrogen-bond donors (Lipinski definition) is 0. The lowest BCUT2D eigenvalue weighted by atomic mass is 9.45. The van der Waals surface area contributed by atoms with E-state index in [4.69, 9.17) is 13.3 Å². The maximum atomic E-state index is 7.01. The fraction of sp³-hybridized carbons (Fsp3) is 0.867. The average molecular weight is 549 g/mol. The summed E-state index contributed by atoms with van der Waals surface area (Å²) in [6, 6.07) is 0. The Morgan fingerprint density at radius 3 is 2.00 bits per heavy atom. The Morgan fingerprint density at radius 2 is 1.42 bits per heavy atom. The molecule has 0 aliphatic heterocycles. The molecule has 7 atom stereocenters. The lowest BCUT2D eigenvalue weighted by Crippen LogP contribution is -2.57. The zero-order chi connectivity index (χ0) is 26.9. The maximum absolute atomic E-state index is 7.01. The van der Waals surface area contributed by atoms with Gasteiger partial charge in [-0.15, -0.1) is 0 Å². The van der Waals surface area contributed by atoms with Crippen molar-refractivity contribution in [1.82, 2.24) is 0 Å². The highest BCUT2D eigenvalue weighted by Gasteiger charge is 2.64. The van der Waals surface area contributed by atoms with Gasteiger partial charge >= 0.3 is 0 Å². The summed E-state index contributed by atoms with van der Waals surface area (Å²) in [7, 11) is -4.96. The lowest BCUT2D eigenvalue weighted by Gasteiger charge is -2.61. The summed E-state index contributed by atoms with van der Waals surface area (Å²) in [5, 5.41) is 0. The molecule has 0 bridgehead atoms. The van der Waals surface area contributed by atoms with Crippen molar-refractivity contribution >= 4 is 25.0 Å². The van der Waals surface area contributed by atoms with Gasteiger partial charge in [0.25, 0.3) is 0 Å². The third-order valence-corrected chi connectivity index (χ3v) is 12.9. The second-order valence-electron chi connectivity index (χ2n) is 16.3. The van der Waals surface area contributed by atoms with Crippen molar-refractivity contribution in [1.29, 1.82) is 0 Å². The van der Waals surface area contributed by atoms with Gasteiger partial charge in [0.05, 0.1) is 11.9 Å². The van der Waals surface area contributed by atoms with Crippen LogP contribution in [0.5, 0.6) is 0 Å². The van der Waals surface area contributed by atoms with Gasteiger partial charge in [-0.2, -0.15) is 0 Å². The first kappa shape index (κ1) is 28.7. The molecule has 0 N–H and O–H groups in total. The normalized spacial score (nSPS) is 42.3. The van der Waals surface area contributed by atoms with E-state index in [2.05, 4.69) is 92.0 Å². The maximum Gasteiger partial charge on any atom is 0.242 e. The first-order valence-corrected chi connectivity index (χ1v) is 25.0. The molecule has 6 heteroatoms. The highest BCUT2D eigenvalue weighted by atomic mass is 28.4. The van der Waals surface area contributed by atoms with Crippen LogP contribution in [0.15, 0.2) is 23.7 Å².